The van der Waals surface area contributed by atoms with E-state index in [1.807, 2.05) is 32.0 Å². The highest BCUT2D eigenvalue weighted by atomic mass is 32.2. The van der Waals surface area contributed by atoms with Crippen LogP contribution in [0, 0.1) is 27.7 Å². The summed E-state index contributed by atoms with van der Waals surface area (Å²) >= 11 is 0. The fraction of sp³-hybridized carbons (Fsp3) is 0.333. The Kier molecular flexibility index (Phi) is 6.14. The van der Waals surface area contributed by atoms with Crippen LogP contribution in [-0.4, -0.2) is 35.5 Å². The molecule has 0 radical (unpaired) electrons. The number of amides is 1. The van der Waals surface area contributed by atoms with Gasteiger partial charge < -0.3 is 9.73 Å². The van der Waals surface area contributed by atoms with Gasteiger partial charge in [0.2, 0.25) is 15.9 Å². The molecule has 0 saturated heterocycles. The van der Waals surface area contributed by atoms with Crippen molar-refractivity contribution in [2.45, 2.75) is 45.7 Å². The maximum absolute atomic E-state index is 13.1. The lowest BCUT2D eigenvalue weighted by Gasteiger charge is -2.16. The quantitative estimate of drug-likeness (QED) is 0.621. The summed E-state index contributed by atoms with van der Waals surface area (Å²) in [6, 6.07) is 9.09. The molecule has 1 amide bonds. The van der Waals surface area contributed by atoms with Crippen molar-refractivity contribution in [2.75, 3.05) is 12.4 Å². The minimum absolute atomic E-state index is 0.0863. The number of aryl methyl sites for hydroxylation is 3. The van der Waals surface area contributed by atoms with Gasteiger partial charge in [0.25, 0.3) is 0 Å². The molecule has 0 aliphatic rings. The summed E-state index contributed by atoms with van der Waals surface area (Å²) in [5, 5.41) is 7.13. The van der Waals surface area contributed by atoms with Crippen molar-refractivity contribution in [3.63, 3.8) is 0 Å². The number of nitrogens with zero attached hydrogens (tertiary/aromatic N) is 3. The van der Waals surface area contributed by atoms with E-state index in [2.05, 4.69) is 10.4 Å². The number of sulfonamides is 1. The van der Waals surface area contributed by atoms with E-state index in [0.29, 0.717) is 22.8 Å². The standard InChI is InChI=1S/C21H26N4O4S/c1-14-8-9-18(11-15(14)2)22-20(26)13-25-17(4)21(16(3)23-25)30(27,28)24(5)12-19-7-6-10-29-19/h6-11H,12-13H2,1-5H3,(H,22,26). The fourth-order valence-corrected chi connectivity index (χ4v) is 4.73. The molecule has 30 heavy (non-hydrogen) atoms. The Morgan fingerprint density at radius 2 is 1.90 bits per heavy atom. The predicted octanol–water partition coefficient (Wildman–Crippen LogP) is 3.17. The average molecular weight is 431 g/mol. The number of benzene rings is 1. The Morgan fingerprint density at radius 3 is 2.53 bits per heavy atom. The van der Waals surface area contributed by atoms with E-state index in [0.717, 1.165) is 11.1 Å². The number of rotatable bonds is 7. The normalized spacial score (nSPS) is 11.8. The van der Waals surface area contributed by atoms with E-state index in [1.165, 1.54) is 22.3 Å². The van der Waals surface area contributed by atoms with Crippen LogP contribution in [0.4, 0.5) is 5.69 Å². The molecule has 0 bridgehead atoms. The molecule has 1 aromatic carbocycles. The summed E-state index contributed by atoms with van der Waals surface area (Å²) in [4.78, 5) is 12.6. The molecule has 8 nitrogen and oxygen atoms in total. The first kappa shape index (κ1) is 21.8. The lowest BCUT2D eigenvalue weighted by Crippen LogP contribution is -2.27. The van der Waals surface area contributed by atoms with Gasteiger partial charge in [0.05, 0.1) is 24.2 Å². The zero-order chi connectivity index (χ0) is 22.1. The minimum atomic E-state index is -3.80. The summed E-state index contributed by atoms with van der Waals surface area (Å²) in [5.41, 5.74) is 3.66. The summed E-state index contributed by atoms with van der Waals surface area (Å²) in [6.45, 7) is 7.27. The van der Waals surface area contributed by atoms with Crippen LogP contribution in [0.3, 0.4) is 0 Å². The van der Waals surface area contributed by atoms with Gasteiger partial charge in [-0.05, 0) is 63.1 Å². The van der Waals surface area contributed by atoms with Crippen molar-refractivity contribution in [1.29, 1.82) is 0 Å². The third kappa shape index (κ3) is 4.47. The summed E-state index contributed by atoms with van der Waals surface area (Å²) in [6.07, 6.45) is 1.50. The highest BCUT2D eigenvalue weighted by Crippen LogP contribution is 2.24. The first-order valence-electron chi connectivity index (χ1n) is 9.49. The zero-order valence-electron chi connectivity index (χ0n) is 17.8. The van der Waals surface area contributed by atoms with Gasteiger partial charge in [-0.1, -0.05) is 6.07 Å². The van der Waals surface area contributed by atoms with Gasteiger partial charge in [-0.3, -0.25) is 9.48 Å². The predicted molar refractivity (Wildman–Crippen MR) is 114 cm³/mol. The topological polar surface area (TPSA) is 97.4 Å². The Balaban J connectivity index is 1.79. The monoisotopic (exact) mass is 430 g/mol. The van der Waals surface area contributed by atoms with E-state index in [4.69, 9.17) is 4.42 Å². The molecule has 9 heteroatoms. The number of hydrogen-bond donors (Lipinski definition) is 1. The van der Waals surface area contributed by atoms with Crippen LogP contribution in [0.2, 0.25) is 0 Å². The van der Waals surface area contributed by atoms with Gasteiger partial charge >= 0.3 is 0 Å². The molecule has 2 heterocycles. The van der Waals surface area contributed by atoms with Gasteiger partial charge in [0.1, 0.15) is 17.2 Å². The second-order valence-corrected chi connectivity index (χ2v) is 9.33. The molecule has 0 spiro atoms. The zero-order valence-corrected chi connectivity index (χ0v) is 18.6. The summed E-state index contributed by atoms with van der Waals surface area (Å²) in [7, 11) is -2.32. The number of carbonyl (C=O) groups excluding carboxylic acids is 1. The van der Waals surface area contributed by atoms with Crippen molar-refractivity contribution >= 4 is 21.6 Å². The maximum atomic E-state index is 13.1. The van der Waals surface area contributed by atoms with Crippen LogP contribution in [-0.2, 0) is 27.9 Å². The molecule has 2 aromatic heterocycles. The number of furan rings is 1. The second kappa shape index (κ2) is 8.45. The van der Waals surface area contributed by atoms with E-state index < -0.39 is 10.0 Å². The number of aromatic nitrogens is 2. The second-order valence-electron chi connectivity index (χ2n) is 7.35. The fourth-order valence-electron chi connectivity index (χ4n) is 3.23. The third-order valence-electron chi connectivity index (χ3n) is 5.03. The van der Waals surface area contributed by atoms with Gasteiger partial charge in [-0.2, -0.15) is 9.40 Å². The molecule has 1 N–H and O–H groups in total. The molecule has 0 aliphatic heterocycles. The maximum Gasteiger partial charge on any atom is 0.246 e. The lowest BCUT2D eigenvalue weighted by molar-refractivity contribution is -0.116. The molecular formula is C21H26N4O4S. The van der Waals surface area contributed by atoms with Crippen LogP contribution >= 0.6 is 0 Å². The Bertz CT molecular complexity index is 1160. The van der Waals surface area contributed by atoms with E-state index in [9.17, 15) is 13.2 Å². The van der Waals surface area contributed by atoms with E-state index in [1.54, 1.807) is 26.0 Å². The van der Waals surface area contributed by atoms with Crippen molar-refractivity contribution in [3.05, 3.63) is 64.9 Å². The van der Waals surface area contributed by atoms with E-state index >= 15 is 0 Å². The number of carbonyl (C=O) groups is 1. The third-order valence-corrected chi connectivity index (χ3v) is 7.08. The Hall–Kier alpha value is -2.91. The van der Waals surface area contributed by atoms with Crippen LogP contribution in [0.15, 0.2) is 45.9 Å². The average Bonchev–Trinajstić information content (AvgIpc) is 3.26. The van der Waals surface area contributed by atoms with Crippen molar-refractivity contribution < 1.29 is 17.6 Å². The van der Waals surface area contributed by atoms with Crippen LogP contribution in [0.5, 0.6) is 0 Å². The molecule has 160 valence electrons. The molecule has 0 aliphatic carbocycles. The van der Waals surface area contributed by atoms with Crippen molar-refractivity contribution in [1.82, 2.24) is 14.1 Å². The van der Waals surface area contributed by atoms with Crippen molar-refractivity contribution in [3.8, 4) is 0 Å². The Labute approximate surface area is 176 Å². The molecule has 3 rings (SSSR count). The molecule has 0 saturated carbocycles. The lowest BCUT2D eigenvalue weighted by atomic mass is 10.1. The number of anilines is 1. The van der Waals surface area contributed by atoms with Gasteiger partial charge in [-0.15, -0.1) is 0 Å². The SMILES string of the molecule is Cc1ccc(NC(=O)Cn2nc(C)c(S(=O)(=O)N(C)Cc3ccco3)c2C)cc1C. The largest absolute Gasteiger partial charge is 0.468 e. The molecule has 3 aromatic rings. The Morgan fingerprint density at radius 1 is 1.17 bits per heavy atom. The molecule has 0 atom stereocenters. The number of hydrogen-bond acceptors (Lipinski definition) is 5. The molecular weight excluding hydrogens is 404 g/mol. The van der Waals surface area contributed by atoms with Crippen LogP contribution in [0.1, 0.15) is 28.3 Å². The smallest absolute Gasteiger partial charge is 0.246 e. The van der Waals surface area contributed by atoms with Crippen molar-refractivity contribution in [2.24, 2.45) is 0 Å². The van der Waals surface area contributed by atoms with Gasteiger partial charge in [-0.25, -0.2) is 8.42 Å². The first-order chi connectivity index (χ1) is 14.1. The molecule has 0 fully saturated rings. The molecule has 0 unspecified atom stereocenters. The van der Waals surface area contributed by atoms with Crippen LogP contribution in [0.25, 0.3) is 0 Å². The van der Waals surface area contributed by atoms with Crippen LogP contribution < -0.4 is 5.32 Å². The highest BCUT2D eigenvalue weighted by molar-refractivity contribution is 7.89. The van der Waals surface area contributed by atoms with Gasteiger partial charge in [0, 0.05) is 12.7 Å². The van der Waals surface area contributed by atoms with Gasteiger partial charge in [0.15, 0.2) is 0 Å². The first-order valence-corrected chi connectivity index (χ1v) is 10.9. The number of nitrogens with one attached hydrogen (secondary N) is 1. The highest BCUT2D eigenvalue weighted by Gasteiger charge is 2.29. The summed E-state index contributed by atoms with van der Waals surface area (Å²) < 4.78 is 34.1. The summed E-state index contributed by atoms with van der Waals surface area (Å²) in [5.74, 6) is 0.258. The minimum Gasteiger partial charge on any atom is -0.468 e. The van der Waals surface area contributed by atoms with E-state index in [-0.39, 0.29) is 23.9 Å².